The van der Waals surface area contributed by atoms with Gasteiger partial charge in [0.25, 0.3) is 0 Å². The zero-order valence-electron chi connectivity index (χ0n) is 18.7. The number of urea groups is 1. The Bertz CT molecular complexity index is 1350. The normalized spacial score (nSPS) is 14.5. The van der Waals surface area contributed by atoms with Crippen LogP contribution in [0.25, 0.3) is 16.9 Å². The number of imidazole rings is 1. The summed E-state index contributed by atoms with van der Waals surface area (Å²) in [6, 6.07) is 16.1. The second-order valence-corrected chi connectivity index (χ2v) is 8.78. The number of rotatable bonds is 4. The van der Waals surface area contributed by atoms with Gasteiger partial charge in [-0.3, -0.25) is 9.47 Å². The van der Waals surface area contributed by atoms with E-state index in [2.05, 4.69) is 44.9 Å². The molecule has 174 valence electrons. The zero-order valence-corrected chi connectivity index (χ0v) is 19.5. The van der Waals surface area contributed by atoms with E-state index in [9.17, 15) is 9.18 Å². The summed E-state index contributed by atoms with van der Waals surface area (Å²) < 4.78 is 15.5. The molecule has 0 unspecified atom stereocenters. The number of carbonyl (C=O) groups is 1. The molecule has 0 spiro atoms. The number of nitrogens with zero attached hydrogens (tertiary/aromatic N) is 5. The van der Waals surface area contributed by atoms with Gasteiger partial charge in [0.1, 0.15) is 17.2 Å². The Morgan fingerprint density at radius 3 is 2.68 bits per heavy atom. The van der Waals surface area contributed by atoms with E-state index in [1.54, 1.807) is 11.1 Å². The van der Waals surface area contributed by atoms with E-state index < -0.39 is 5.82 Å². The molecule has 0 saturated carbocycles. The molecule has 1 N–H and O–H groups in total. The third-order valence-corrected chi connectivity index (χ3v) is 6.23. The largest absolute Gasteiger partial charge is 0.322 e. The summed E-state index contributed by atoms with van der Waals surface area (Å²) in [5.74, 6) is 0.401. The average molecular weight is 479 g/mol. The smallest absolute Gasteiger partial charge is 0.321 e. The molecule has 7 nitrogen and oxygen atoms in total. The predicted octanol–water partition coefficient (Wildman–Crippen LogP) is 4.87. The summed E-state index contributed by atoms with van der Waals surface area (Å²) >= 11 is 5.82. The van der Waals surface area contributed by atoms with Gasteiger partial charge in [0.15, 0.2) is 5.65 Å². The molecule has 2 aromatic heterocycles. The van der Waals surface area contributed by atoms with Gasteiger partial charge in [-0.15, -0.1) is 0 Å². The first-order chi connectivity index (χ1) is 16.5. The predicted molar refractivity (Wildman–Crippen MR) is 131 cm³/mol. The van der Waals surface area contributed by atoms with Gasteiger partial charge in [-0.2, -0.15) is 0 Å². The first-order valence-corrected chi connectivity index (χ1v) is 11.5. The summed E-state index contributed by atoms with van der Waals surface area (Å²) in [6.45, 7) is 5.28. The number of amides is 2. The highest BCUT2D eigenvalue weighted by Gasteiger charge is 2.23. The third-order valence-electron chi connectivity index (χ3n) is 5.94. The van der Waals surface area contributed by atoms with Crippen LogP contribution in [-0.2, 0) is 6.54 Å². The summed E-state index contributed by atoms with van der Waals surface area (Å²) in [7, 11) is 0. The molecule has 1 aliphatic rings. The van der Waals surface area contributed by atoms with E-state index in [-0.39, 0.29) is 11.1 Å². The SMILES string of the molecule is Cc1cccc(-n2c(CN3CCN(C(=O)Nc4ccc(F)c(Cl)c4)CC3)nc3cccnc32)c1. The van der Waals surface area contributed by atoms with Crippen LogP contribution in [0.15, 0.2) is 60.8 Å². The Morgan fingerprint density at radius 2 is 1.91 bits per heavy atom. The molecule has 3 heterocycles. The van der Waals surface area contributed by atoms with Crippen molar-refractivity contribution < 1.29 is 9.18 Å². The number of halogens is 2. The van der Waals surface area contributed by atoms with Crippen LogP contribution < -0.4 is 5.32 Å². The van der Waals surface area contributed by atoms with Crippen molar-refractivity contribution in [3.63, 3.8) is 0 Å². The van der Waals surface area contributed by atoms with Crippen LogP contribution >= 0.6 is 11.6 Å². The molecular weight excluding hydrogens is 455 g/mol. The number of carbonyl (C=O) groups excluding carboxylic acids is 1. The van der Waals surface area contributed by atoms with Gasteiger partial charge >= 0.3 is 6.03 Å². The number of nitrogens with one attached hydrogen (secondary N) is 1. The number of anilines is 1. The lowest BCUT2D eigenvalue weighted by Crippen LogP contribution is -2.49. The Balaban J connectivity index is 1.28. The van der Waals surface area contributed by atoms with Crippen molar-refractivity contribution in [3.8, 4) is 5.69 Å². The quantitative estimate of drug-likeness (QED) is 0.454. The molecule has 0 radical (unpaired) electrons. The van der Waals surface area contributed by atoms with Crippen LogP contribution in [0.1, 0.15) is 11.4 Å². The van der Waals surface area contributed by atoms with Crippen LogP contribution in [0, 0.1) is 12.7 Å². The number of aromatic nitrogens is 3. The van der Waals surface area contributed by atoms with Crippen molar-refractivity contribution in [2.24, 2.45) is 0 Å². The summed E-state index contributed by atoms with van der Waals surface area (Å²) in [6.07, 6.45) is 1.78. The number of hydrogen-bond acceptors (Lipinski definition) is 4. The molecule has 1 fully saturated rings. The van der Waals surface area contributed by atoms with Crippen LogP contribution in [0.2, 0.25) is 5.02 Å². The maximum Gasteiger partial charge on any atom is 0.321 e. The number of piperazine rings is 1. The fraction of sp³-hybridized carbons (Fsp3) is 0.240. The van der Waals surface area contributed by atoms with Crippen molar-refractivity contribution in [2.75, 3.05) is 31.5 Å². The number of benzene rings is 2. The van der Waals surface area contributed by atoms with E-state index in [1.165, 1.54) is 23.8 Å². The summed E-state index contributed by atoms with van der Waals surface area (Å²) in [4.78, 5) is 26.1. The van der Waals surface area contributed by atoms with Gasteiger partial charge in [-0.05, 0) is 55.0 Å². The molecule has 4 aromatic rings. The highest BCUT2D eigenvalue weighted by atomic mass is 35.5. The van der Waals surface area contributed by atoms with Crippen LogP contribution in [0.4, 0.5) is 14.9 Å². The Labute approximate surface area is 201 Å². The van der Waals surface area contributed by atoms with Crippen molar-refractivity contribution in [1.82, 2.24) is 24.3 Å². The first-order valence-electron chi connectivity index (χ1n) is 11.1. The van der Waals surface area contributed by atoms with Gasteiger partial charge < -0.3 is 10.2 Å². The third kappa shape index (κ3) is 4.60. The minimum Gasteiger partial charge on any atom is -0.322 e. The average Bonchev–Trinajstić information content (AvgIpc) is 3.19. The van der Waals surface area contributed by atoms with E-state index in [0.717, 1.165) is 22.7 Å². The fourth-order valence-electron chi connectivity index (χ4n) is 4.19. The van der Waals surface area contributed by atoms with Gasteiger partial charge in [0.2, 0.25) is 0 Å². The lowest BCUT2D eigenvalue weighted by molar-refractivity contribution is 0.140. The van der Waals surface area contributed by atoms with Crippen LogP contribution in [0.5, 0.6) is 0 Å². The minimum atomic E-state index is -0.514. The molecule has 34 heavy (non-hydrogen) atoms. The molecular formula is C25H24ClFN6O. The van der Waals surface area contributed by atoms with Crippen molar-refractivity contribution in [3.05, 3.63) is 83.0 Å². The van der Waals surface area contributed by atoms with E-state index in [1.807, 2.05) is 18.2 Å². The summed E-state index contributed by atoms with van der Waals surface area (Å²) in [5.41, 5.74) is 4.36. The van der Waals surface area contributed by atoms with E-state index in [0.29, 0.717) is 38.4 Å². The van der Waals surface area contributed by atoms with Crippen LogP contribution in [0.3, 0.4) is 0 Å². The molecule has 5 rings (SSSR count). The second kappa shape index (κ2) is 9.40. The highest BCUT2D eigenvalue weighted by Crippen LogP contribution is 2.23. The lowest BCUT2D eigenvalue weighted by atomic mass is 10.2. The number of aryl methyl sites for hydroxylation is 1. The van der Waals surface area contributed by atoms with Crippen molar-refractivity contribution in [2.45, 2.75) is 13.5 Å². The molecule has 0 atom stereocenters. The van der Waals surface area contributed by atoms with Crippen molar-refractivity contribution >= 4 is 34.5 Å². The Hall–Kier alpha value is -3.49. The monoisotopic (exact) mass is 478 g/mol. The molecule has 1 saturated heterocycles. The first kappa shape index (κ1) is 22.3. The lowest BCUT2D eigenvalue weighted by Gasteiger charge is -2.34. The number of fused-ring (bicyclic) bond motifs is 1. The number of pyridine rings is 1. The highest BCUT2D eigenvalue weighted by molar-refractivity contribution is 6.31. The topological polar surface area (TPSA) is 66.3 Å². The van der Waals surface area contributed by atoms with Gasteiger partial charge in [0.05, 0.1) is 11.6 Å². The Morgan fingerprint density at radius 1 is 1.09 bits per heavy atom. The number of hydrogen-bond donors (Lipinski definition) is 1. The second-order valence-electron chi connectivity index (χ2n) is 8.37. The minimum absolute atomic E-state index is 0.0198. The van der Waals surface area contributed by atoms with Crippen LogP contribution in [-0.4, -0.2) is 56.5 Å². The Kier molecular flexibility index (Phi) is 6.17. The van der Waals surface area contributed by atoms with Gasteiger partial charge in [-0.25, -0.2) is 19.2 Å². The van der Waals surface area contributed by atoms with Crippen molar-refractivity contribution in [1.29, 1.82) is 0 Å². The van der Waals surface area contributed by atoms with E-state index >= 15 is 0 Å². The fourth-order valence-corrected chi connectivity index (χ4v) is 4.37. The maximum atomic E-state index is 13.4. The maximum absolute atomic E-state index is 13.4. The summed E-state index contributed by atoms with van der Waals surface area (Å²) in [5, 5.41) is 2.77. The molecule has 0 bridgehead atoms. The van der Waals surface area contributed by atoms with Gasteiger partial charge in [0, 0.05) is 43.8 Å². The molecule has 9 heteroatoms. The molecule has 0 aliphatic carbocycles. The zero-order chi connectivity index (χ0) is 23.7. The molecule has 2 aromatic carbocycles. The molecule has 2 amide bonds. The standard InChI is InChI=1S/C25H24ClFN6O/c1-17-4-2-5-19(14-17)33-23(30-22-6-3-9-28-24(22)33)16-31-10-12-32(13-11-31)25(34)29-18-7-8-21(27)20(26)15-18/h2-9,14-15H,10-13,16H2,1H3,(H,29,34). The van der Waals surface area contributed by atoms with E-state index in [4.69, 9.17) is 16.6 Å². The molecule has 1 aliphatic heterocycles. The van der Waals surface area contributed by atoms with Gasteiger partial charge in [-0.1, -0.05) is 23.7 Å².